The maximum Gasteiger partial charge on any atom is 0.205 e. The van der Waals surface area contributed by atoms with Crippen molar-refractivity contribution in [3.05, 3.63) is 22.7 Å². The van der Waals surface area contributed by atoms with Gasteiger partial charge in [0.15, 0.2) is 0 Å². The molecular weight excluding hydrogens is 234 g/mol. The van der Waals surface area contributed by atoms with E-state index in [-0.39, 0.29) is 0 Å². The summed E-state index contributed by atoms with van der Waals surface area (Å²) in [6.07, 6.45) is 0. The Bertz CT molecular complexity index is 411. The van der Waals surface area contributed by atoms with Crippen molar-refractivity contribution < 1.29 is 0 Å². The highest BCUT2D eigenvalue weighted by Crippen LogP contribution is 2.26. The molecule has 5 nitrogen and oxygen atoms in total. The van der Waals surface area contributed by atoms with E-state index in [1.54, 1.807) is 12.1 Å². The summed E-state index contributed by atoms with van der Waals surface area (Å²) in [4.78, 5) is 0. The Morgan fingerprint density at radius 2 is 2.23 bits per heavy atom. The minimum atomic E-state index is 0.548. The predicted molar refractivity (Wildman–Crippen MR) is 51.7 cm³/mol. The number of nitrogens with one attached hydrogen (secondary N) is 1. The Kier molecular flexibility index (Phi) is 1.97. The maximum atomic E-state index is 5.59. The van der Waals surface area contributed by atoms with Crippen molar-refractivity contribution in [1.29, 1.82) is 0 Å². The van der Waals surface area contributed by atoms with Crippen molar-refractivity contribution in [2.24, 2.45) is 0 Å². The quantitative estimate of drug-likeness (QED) is 0.734. The SMILES string of the molecule is Nc1ccc(-c2nn[nH]n2)c(Br)c1. The third-order valence-electron chi connectivity index (χ3n) is 1.58. The second kappa shape index (κ2) is 3.14. The van der Waals surface area contributed by atoms with E-state index in [4.69, 9.17) is 5.73 Å². The van der Waals surface area contributed by atoms with Crippen LogP contribution in [-0.4, -0.2) is 20.6 Å². The minimum absolute atomic E-state index is 0.548. The van der Waals surface area contributed by atoms with E-state index >= 15 is 0 Å². The molecule has 1 heterocycles. The van der Waals surface area contributed by atoms with Crippen LogP contribution in [0.25, 0.3) is 11.4 Å². The number of halogens is 1. The molecule has 0 aliphatic heterocycles. The first-order valence-corrected chi connectivity index (χ1v) is 4.35. The molecule has 1 aromatic heterocycles. The number of rotatable bonds is 1. The van der Waals surface area contributed by atoms with Gasteiger partial charge in [0.2, 0.25) is 5.82 Å². The lowest BCUT2D eigenvalue weighted by molar-refractivity contribution is 0.881. The number of nitrogens with two attached hydrogens (primary N) is 1. The van der Waals surface area contributed by atoms with Crippen LogP contribution >= 0.6 is 15.9 Å². The van der Waals surface area contributed by atoms with Gasteiger partial charge >= 0.3 is 0 Å². The van der Waals surface area contributed by atoms with Crippen molar-refractivity contribution in [3.63, 3.8) is 0 Å². The molecule has 0 aliphatic carbocycles. The first-order chi connectivity index (χ1) is 6.27. The number of aromatic amines is 1. The maximum absolute atomic E-state index is 5.59. The molecule has 0 radical (unpaired) electrons. The Morgan fingerprint density at radius 3 is 2.85 bits per heavy atom. The van der Waals surface area contributed by atoms with Gasteiger partial charge < -0.3 is 5.73 Å². The van der Waals surface area contributed by atoms with Gasteiger partial charge in [0.25, 0.3) is 0 Å². The van der Waals surface area contributed by atoms with Crippen molar-refractivity contribution in [2.75, 3.05) is 5.73 Å². The van der Waals surface area contributed by atoms with E-state index in [0.29, 0.717) is 11.5 Å². The van der Waals surface area contributed by atoms with Crippen molar-refractivity contribution >= 4 is 21.6 Å². The number of H-pyrrole nitrogens is 1. The summed E-state index contributed by atoms with van der Waals surface area (Å²) in [7, 11) is 0. The smallest absolute Gasteiger partial charge is 0.205 e. The fourth-order valence-electron chi connectivity index (χ4n) is 0.989. The number of nitrogens with zero attached hydrogens (tertiary/aromatic N) is 3. The summed E-state index contributed by atoms with van der Waals surface area (Å²) < 4.78 is 0.855. The van der Waals surface area contributed by atoms with Crippen molar-refractivity contribution in [1.82, 2.24) is 20.6 Å². The lowest BCUT2D eigenvalue weighted by atomic mass is 10.2. The van der Waals surface area contributed by atoms with Crippen LogP contribution < -0.4 is 5.73 Å². The van der Waals surface area contributed by atoms with Gasteiger partial charge in [0.1, 0.15) is 0 Å². The second-order valence-electron chi connectivity index (χ2n) is 2.47. The van der Waals surface area contributed by atoms with E-state index < -0.39 is 0 Å². The van der Waals surface area contributed by atoms with Crippen LogP contribution in [0.5, 0.6) is 0 Å². The van der Waals surface area contributed by atoms with Gasteiger partial charge in [-0.2, -0.15) is 5.21 Å². The standard InChI is InChI=1S/C7H6BrN5/c8-6-3-4(9)1-2-5(6)7-10-12-13-11-7/h1-3H,9H2,(H,10,11,12,13). The van der Waals surface area contributed by atoms with Crippen LogP contribution in [0, 0.1) is 0 Å². The fraction of sp³-hybridized carbons (Fsp3) is 0. The average molecular weight is 240 g/mol. The van der Waals surface area contributed by atoms with E-state index in [1.165, 1.54) is 0 Å². The largest absolute Gasteiger partial charge is 0.399 e. The summed E-state index contributed by atoms with van der Waals surface area (Å²) in [5.74, 6) is 0.548. The van der Waals surface area contributed by atoms with E-state index in [1.807, 2.05) is 6.07 Å². The fourth-order valence-corrected chi connectivity index (χ4v) is 1.56. The molecule has 0 saturated carbocycles. The first-order valence-electron chi connectivity index (χ1n) is 3.56. The summed E-state index contributed by atoms with van der Waals surface area (Å²) in [5, 5.41) is 13.6. The van der Waals surface area contributed by atoms with Crippen molar-refractivity contribution in [3.8, 4) is 11.4 Å². The van der Waals surface area contributed by atoms with Crippen LogP contribution in [0.1, 0.15) is 0 Å². The van der Waals surface area contributed by atoms with Crippen LogP contribution in [0.15, 0.2) is 22.7 Å². The minimum Gasteiger partial charge on any atom is -0.399 e. The molecule has 0 bridgehead atoms. The lowest BCUT2D eigenvalue weighted by Crippen LogP contribution is -1.87. The normalized spacial score (nSPS) is 10.2. The number of hydrogen-bond acceptors (Lipinski definition) is 4. The van der Waals surface area contributed by atoms with Gasteiger partial charge in [-0.25, -0.2) is 0 Å². The molecule has 13 heavy (non-hydrogen) atoms. The van der Waals surface area contributed by atoms with Gasteiger partial charge in [-0.05, 0) is 39.3 Å². The molecule has 0 saturated heterocycles. The molecule has 0 spiro atoms. The Labute approximate surface area is 82.5 Å². The monoisotopic (exact) mass is 239 g/mol. The van der Waals surface area contributed by atoms with Gasteiger partial charge in [-0.3, -0.25) is 0 Å². The molecule has 0 amide bonds. The van der Waals surface area contributed by atoms with Crippen LogP contribution in [0.2, 0.25) is 0 Å². The summed E-state index contributed by atoms with van der Waals surface area (Å²) in [6, 6.07) is 5.42. The summed E-state index contributed by atoms with van der Waals surface area (Å²) >= 11 is 3.37. The third-order valence-corrected chi connectivity index (χ3v) is 2.24. The highest BCUT2D eigenvalue weighted by atomic mass is 79.9. The molecule has 66 valence electrons. The molecule has 0 fully saturated rings. The number of tetrazole rings is 1. The molecule has 3 N–H and O–H groups in total. The third kappa shape index (κ3) is 1.52. The summed E-state index contributed by atoms with van der Waals surface area (Å²) in [5.41, 5.74) is 7.14. The van der Waals surface area contributed by atoms with E-state index in [2.05, 4.69) is 36.6 Å². The number of benzene rings is 1. The second-order valence-corrected chi connectivity index (χ2v) is 3.33. The number of hydrogen-bond donors (Lipinski definition) is 2. The van der Waals surface area contributed by atoms with Gasteiger partial charge in [0, 0.05) is 15.7 Å². The lowest BCUT2D eigenvalue weighted by Gasteiger charge is -1.99. The Balaban J connectivity index is 2.53. The molecule has 0 aliphatic rings. The first kappa shape index (κ1) is 8.18. The van der Waals surface area contributed by atoms with Crippen LogP contribution in [-0.2, 0) is 0 Å². The number of aromatic nitrogens is 4. The average Bonchev–Trinajstić information content (AvgIpc) is 2.56. The highest BCUT2D eigenvalue weighted by molar-refractivity contribution is 9.10. The molecule has 1 aromatic carbocycles. The van der Waals surface area contributed by atoms with Gasteiger partial charge in [-0.15, -0.1) is 10.2 Å². The number of anilines is 1. The van der Waals surface area contributed by atoms with Crippen molar-refractivity contribution in [2.45, 2.75) is 0 Å². The number of nitrogen functional groups attached to an aromatic ring is 1. The zero-order valence-corrected chi connectivity index (χ0v) is 8.12. The topological polar surface area (TPSA) is 80.5 Å². The van der Waals surface area contributed by atoms with E-state index in [0.717, 1.165) is 10.0 Å². The zero-order valence-electron chi connectivity index (χ0n) is 6.53. The molecule has 2 rings (SSSR count). The van der Waals surface area contributed by atoms with Crippen LogP contribution in [0.3, 0.4) is 0 Å². The molecule has 0 atom stereocenters. The molecule has 2 aromatic rings. The van der Waals surface area contributed by atoms with Crippen LogP contribution in [0.4, 0.5) is 5.69 Å². The Morgan fingerprint density at radius 1 is 1.38 bits per heavy atom. The zero-order chi connectivity index (χ0) is 9.26. The molecular formula is C7H6BrN5. The highest BCUT2D eigenvalue weighted by Gasteiger charge is 2.06. The molecule has 6 heteroatoms. The Hall–Kier alpha value is -1.43. The molecule has 0 unspecified atom stereocenters. The van der Waals surface area contributed by atoms with Gasteiger partial charge in [0.05, 0.1) is 0 Å². The van der Waals surface area contributed by atoms with Gasteiger partial charge in [-0.1, -0.05) is 0 Å². The summed E-state index contributed by atoms with van der Waals surface area (Å²) in [6.45, 7) is 0. The predicted octanol–water partition coefficient (Wildman–Crippen LogP) is 1.21. The van der Waals surface area contributed by atoms with E-state index in [9.17, 15) is 0 Å².